The molecule has 0 saturated carbocycles. The van der Waals surface area contributed by atoms with Crippen molar-refractivity contribution in [2.75, 3.05) is 31.3 Å². The first-order valence-electron chi connectivity index (χ1n) is 9.66. The second-order valence-corrected chi connectivity index (χ2v) is 9.89. The Kier molecular flexibility index (Phi) is 7.57. The number of anilines is 1. The molecule has 29 heavy (non-hydrogen) atoms. The highest BCUT2D eigenvalue weighted by Crippen LogP contribution is 2.30. The van der Waals surface area contributed by atoms with Gasteiger partial charge in [-0.25, -0.2) is 8.42 Å². The number of nitrogens with one attached hydrogen (secondary N) is 1. The summed E-state index contributed by atoms with van der Waals surface area (Å²) in [5, 5.41) is 2.80. The number of amides is 1. The third-order valence-corrected chi connectivity index (χ3v) is 7.65. The first kappa shape index (κ1) is 21.7. The minimum Gasteiger partial charge on any atom is -0.495 e. The molecule has 1 heterocycles. The van der Waals surface area contributed by atoms with E-state index in [9.17, 15) is 13.2 Å². The van der Waals surface area contributed by atoms with Gasteiger partial charge in [0.2, 0.25) is 15.9 Å². The van der Waals surface area contributed by atoms with Crippen LogP contribution in [0.1, 0.15) is 25.7 Å². The van der Waals surface area contributed by atoms with Gasteiger partial charge < -0.3 is 10.1 Å². The summed E-state index contributed by atoms with van der Waals surface area (Å²) in [6, 6.07) is 14.5. The van der Waals surface area contributed by atoms with E-state index in [0.29, 0.717) is 36.7 Å². The SMILES string of the molecule is COc1ccc(S(=O)(=O)N2CCCCC2)cc1NC(=O)CCSc1ccccc1. The molecule has 1 aliphatic rings. The zero-order chi connectivity index (χ0) is 20.7. The first-order valence-corrected chi connectivity index (χ1v) is 12.1. The molecule has 0 unspecified atom stereocenters. The van der Waals surface area contributed by atoms with Crippen LogP contribution < -0.4 is 10.1 Å². The Balaban J connectivity index is 1.67. The summed E-state index contributed by atoms with van der Waals surface area (Å²) in [4.78, 5) is 13.7. The highest BCUT2D eigenvalue weighted by molar-refractivity contribution is 7.99. The molecule has 0 atom stereocenters. The number of hydrogen-bond acceptors (Lipinski definition) is 5. The van der Waals surface area contributed by atoms with Gasteiger partial charge in [-0.05, 0) is 43.2 Å². The van der Waals surface area contributed by atoms with Crippen LogP contribution in [0, 0.1) is 0 Å². The van der Waals surface area contributed by atoms with Gasteiger partial charge in [0.05, 0.1) is 17.7 Å². The second kappa shape index (κ2) is 10.1. The zero-order valence-electron chi connectivity index (χ0n) is 16.5. The Morgan fingerprint density at radius 2 is 1.83 bits per heavy atom. The lowest BCUT2D eigenvalue weighted by molar-refractivity contribution is -0.115. The third kappa shape index (κ3) is 5.74. The molecule has 1 amide bonds. The fourth-order valence-corrected chi connectivity index (χ4v) is 5.61. The van der Waals surface area contributed by atoms with Gasteiger partial charge in [0, 0.05) is 30.2 Å². The summed E-state index contributed by atoms with van der Waals surface area (Å²) >= 11 is 1.60. The van der Waals surface area contributed by atoms with Gasteiger partial charge in [-0.3, -0.25) is 4.79 Å². The molecule has 0 radical (unpaired) electrons. The smallest absolute Gasteiger partial charge is 0.243 e. The number of rotatable bonds is 8. The first-order chi connectivity index (χ1) is 14.0. The molecule has 1 N–H and O–H groups in total. The van der Waals surface area contributed by atoms with Gasteiger partial charge in [0.1, 0.15) is 5.75 Å². The molecule has 1 fully saturated rings. The van der Waals surface area contributed by atoms with Crippen molar-refractivity contribution in [1.29, 1.82) is 0 Å². The van der Waals surface area contributed by atoms with Gasteiger partial charge in [0.15, 0.2) is 0 Å². The fourth-order valence-electron chi connectivity index (χ4n) is 3.19. The van der Waals surface area contributed by atoms with Crippen molar-refractivity contribution in [2.45, 2.75) is 35.5 Å². The molecule has 0 aromatic heterocycles. The molecule has 0 bridgehead atoms. The second-order valence-electron chi connectivity index (χ2n) is 6.79. The van der Waals surface area contributed by atoms with E-state index in [1.165, 1.54) is 23.5 Å². The third-order valence-electron chi connectivity index (χ3n) is 4.74. The largest absolute Gasteiger partial charge is 0.495 e. The molecule has 0 aliphatic carbocycles. The summed E-state index contributed by atoms with van der Waals surface area (Å²) < 4.78 is 32.7. The Bertz CT molecular complexity index is 927. The standard InChI is InChI=1S/C21H26N2O4S2/c1-27-20-11-10-18(29(25,26)23-13-6-3-7-14-23)16-19(20)22-21(24)12-15-28-17-8-4-2-5-9-17/h2,4-5,8-11,16H,3,6-7,12-15H2,1H3,(H,22,24). The molecule has 1 saturated heterocycles. The Labute approximate surface area is 176 Å². The highest BCUT2D eigenvalue weighted by atomic mass is 32.2. The minimum atomic E-state index is -3.58. The monoisotopic (exact) mass is 434 g/mol. The minimum absolute atomic E-state index is 0.175. The molecular weight excluding hydrogens is 408 g/mol. The number of nitrogens with zero attached hydrogens (tertiary/aromatic N) is 1. The number of carbonyl (C=O) groups is 1. The lowest BCUT2D eigenvalue weighted by Crippen LogP contribution is -2.35. The van der Waals surface area contributed by atoms with Crippen molar-refractivity contribution in [3.8, 4) is 5.75 Å². The summed E-state index contributed by atoms with van der Waals surface area (Å²) in [5.41, 5.74) is 0.375. The van der Waals surface area contributed by atoms with Crippen molar-refractivity contribution >= 4 is 33.4 Å². The number of piperidine rings is 1. The number of thioether (sulfide) groups is 1. The van der Waals surface area contributed by atoms with Gasteiger partial charge in [0.25, 0.3) is 0 Å². The van der Waals surface area contributed by atoms with Crippen LogP contribution in [0.25, 0.3) is 0 Å². The molecule has 2 aromatic carbocycles. The Morgan fingerprint density at radius 3 is 2.52 bits per heavy atom. The number of ether oxygens (including phenoxy) is 1. The van der Waals surface area contributed by atoms with Gasteiger partial charge in [-0.2, -0.15) is 4.31 Å². The molecule has 3 rings (SSSR count). The van der Waals surface area contributed by atoms with Crippen LogP contribution in [0.2, 0.25) is 0 Å². The summed E-state index contributed by atoms with van der Waals surface area (Å²) in [5.74, 6) is 0.884. The molecule has 6 nitrogen and oxygen atoms in total. The zero-order valence-corrected chi connectivity index (χ0v) is 18.1. The van der Waals surface area contributed by atoms with Crippen molar-refractivity contribution in [2.24, 2.45) is 0 Å². The van der Waals surface area contributed by atoms with E-state index < -0.39 is 10.0 Å². The van der Waals surface area contributed by atoms with Crippen LogP contribution >= 0.6 is 11.8 Å². The number of methoxy groups -OCH3 is 1. The number of benzene rings is 2. The quantitative estimate of drug-likeness (QED) is 0.636. The predicted molar refractivity (Wildman–Crippen MR) is 116 cm³/mol. The van der Waals surface area contributed by atoms with Crippen molar-refractivity contribution < 1.29 is 17.9 Å². The summed E-state index contributed by atoms with van der Waals surface area (Å²) in [6.45, 7) is 1.07. The van der Waals surface area contributed by atoms with Crippen LogP contribution in [-0.2, 0) is 14.8 Å². The molecule has 2 aromatic rings. The van der Waals surface area contributed by atoms with E-state index in [4.69, 9.17) is 4.74 Å². The van der Waals surface area contributed by atoms with Crippen LogP contribution in [-0.4, -0.2) is 44.6 Å². The predicted octanol–water partition coefficient (Wildman–Crippen LogP) is 3.99. The normalized spacial score (nSPS) is 15.1. The maximum absolute atomic E-state index is 12.9. The van der Waals surface area contributed by atoms with Gasteiger partial charge >= 0.3 is 0 Å². The number of carbonyl (C=O) groups excluding carboxylic acids is 1. The fraction of sp³-hybridized carbons (Fsp3) is 0.381. The van der Waals surface area contributed by atoms with Crippen molar-refractivity contribution in [3.05, 3.63) is 48.5 Å². The van der Waals surface area contributed by atoms with Crippen LogP contribution in [0.5, 0.6) is 5.75 Å². The Morgan fingerprint density at radius 1 is 1.10 bits per heavy atom. The van der Waals surface area contributed by atoms with Crippen LogP contribution in [0.3, 0.4) is 0 Å². The summed E-state index contributed by atoms with van der Waals surface area (Å²) in [6.07, 6.45) is 3.11. The number of hydrogen-bond donors (Lipinski definition) is 1. The van der Waals surface area contributed by atoms with E-state index >= 15 is 0 Å². The van der Waals surface area contributed by atoms with E-state index in [1.54, 1.807) is 17.8 Å². The lowest BCUT2D eigenvalue weighted by Gasteiger charge is -2.26. The van der Waals surface area contributed by atoms with Crippen molar-refractivity contribution in [3.63, 3.8) is 0 Å². The molecule has 0 spiro atoms. The van der Waals surface area contributed by atoms with E-state index in [2.05, 4.69) is 5.32 Å². The Hall–Kier alpha value is -2.03. The number of sulfonamides is 1. The van der Waals surface area contributed by atoms with Crippen LogP contribution in [0.4, 0.5) is 5.69 Å². The van der Waals surface area contributed by atoms with Crippen molar-refractivity contribution in [1.82, 2.24) is 4.31 Å². The highest BCUT2D eigenvalue weighted by Gasteiger charge is 2.26. The lowest BCUT2D eigenvalue weighted by atomic mass is 10.2. The summed E-state index contributed by atoms with van der Waals surface area (Å²) in [7, 11) is -2.08. The maximum Gasteiger partial charge on any atom is 0.243 e. The molecule has 8 heteroatoms. The molecule has 1 aliphatic heterocycles. The van der Waals surface area contributed by atoms with Gasteiger partial charge in [-0.15, -0.1) is 11.8 Å². The van der Waals surface area contributed by atoms with Crippen LogP contribution in [0.15, 0.2) is 58.3 Å². The molecular formula is C21H26N2O4S2. The van der Waals surface area contributed by atoms with E-state index in [1.807, 2.05) is 30.3 Å². The average Bonchev–Trinajstić information content (AvgIpc) is 2.75. The maximum atomic E-state index is 12.9. The van der Waals surface area contributed by atoms with E-state index in [-0.39, 0.29) is 10.8 Å². The average molecular weight is 435 g/mol. The topological polar surface area (TPSA) is 75.7 Å². The van der Waals surface area contributed by atoms with E-state index in [0.717, 1.165) is 24.2 Å². The molecule has 156 valence electrons. The van der Waals surface area contributed by atoms with Gasteiger partial charge in [-0.1, -0.05) is 24.6 Å².